The fraction of sp³-hybridized carbons (Fsp3) is 0.571. The minimum Gasteiger partial charge on any atom is -0.391 e. The predicted molar refractivity (Wildman–Crippen MR) is 70.0 cm³/mol. The normalized spacial score (nSPS) is 12.6. The molecule has 0 aliphatic rings. The number of ether oxygens (including phenoxy) is 1. The molecular formula is C14H23NO2. The molecule has 0 saturated carbocycles. The molecule has 0 spiro atoms. The van der Waals surface area contributed by atoms with E-state index in [1.807, 2.05) is 0 Å². The number of aryl methyl sites for hydroxylation is 1. The third kappa shape index (κ3) is 5.82. The van der Waals surface area contributed by atoms with Gasteiger partial charge in [-0.25, -0.2) is 0 Å². The van der Waals surface area contributed by atoms with E-state index in [1.165, 1.54) is 11.1 Å². The van der Waals surface area contributed by atoms with Crippen molar-refractivity contribution in [1.82, 2.24) is 5.32 Å². The second-order valence-electron chi connectivity index (χ2n) is 4.24. The summed E-state index contributed by atoms with van der Waals surface area (Å²) < 4.78 is 4.87. The van der Waals surface area contributed by atoms with Gasteiger partial charge in [-0.15, -0.1) is 0 Å². The Bertz CT molecular complexity index is 298. The van der Waals surface area contributed by atoms with Crippen molar-refractivity contribution in [3.8, 4) is 0 Å². The number of aliphatic hydroxyl groups is 1. The van der Waals surface area contributed by atoms with Crippen LogP contribution >= 0.6 is 0 Å². The Morgan fingerprint density at radius 1 is 1.24 bits per heavy atom. The van der Waals surface area contributed by atoms with Gasteiger partial charge < -0.3 is 15.2 Å². The summed E-state index contributed by atoms with van der Waals surface area (Å²) >= 11 is 0. The molecular weight excluding hydrogens is 214 g/mol. The Labute approximate surface area is 104 Å². The van der Waals surface area contributed by atoms with Crippen molar-refractivity contribution in [2.24, 2.45) is 0 Å². The molecule has 0 aliphatic carbocycles. The standard InChI is InChI=1S/C14H23NO2/c1-3-12-4-6-13(7-5-12)10-15-9-8-14(16)11-17-2/h4-7,14-16H,3,8-11H2,1-2H3. The summed E-state index contributed by atoms with van der Waals surface area (Å²) in [4.78, 5) is 0. The molecule has 0 heterocycles. The molecule has 0 saturated heterocycles. The van der Waals surface area contributed by atoms with Crippen LogP contribution < -0.4 is 5.32 Å². The molecule has 1 atom stereocenters. The van der Waals surface area contributed by atoms with Gasteiger partial charge in [0.15, 0.2) is 0 Å². The maximum atomic E-state index is 9.45. The van der Waals surface area contributed by atoms with Crippen LogP contribution in [0.1, 0.15) is 24.5 Å². The van der Waals surface area contributed by atoms with E-state index in [0.29, 0.717) is 6.61 Å². The zero-order chi connectivity index (χ0) is 12.5. The molecule has 96 valence electrons. The highest BCUT2D eigenvalue weighted by atomic mass is 16.5. The lowest BCUT2D eigenvalue weighted by atomic mass is 10.1. The van der Waals surface area contributed by atoms with E-state index in [1.54, 1.807) is 7.11 Å². The van der Waals surface area contributed by atoms with Gasteiger partial charge in [-0.2, -0.15) is 0 Å². The topological polar surface area (TPSA) is 41.5 Å². The minimum atomic E-state index is -0.366. The zero-order valence-electron chi connectivity index (χ0n) is 10.8. The van der Waals surface area contributed by atoms with Gasteiger partial charge >= 0.3 is 0 Å². The number of benzene rings is 1. The van der Waals surface area contributed by atoms with Crippen molar-refractivity contribution in [3.05, 3.63) is 35.4 Å². The second-order valence-corrected chi connectivity index (χ2v) is 4.24. The van der Waals surface area contributed by atoms with Gasteiger partial charge in [0.05, 0.1) is 12.7 Å². The minimum absolute atomic E-state index is 0.366. The van der Waals surface area contributed by atoms with Crippen molar-refractivity contribution in [3.63, 3.8) is 0 Å². The van der Waals surface area contributed by atoms with Crippen LogP contribution in [0, 0.1) is 0 Å². The third-order valence-corrected chi connectivity index (χ3v) is 2.77. The van der Waals surface area contributed by atoms with Gasteiger partial charge in [0.2, 0.25) is 0 Å². The number of hydrogen-bond acceptors (Lipinski definition) is 3. The molecule has 1 rings (SSSR count). The van der Waals surface area contributed by atoms with E-state index in [2.05, 4.69) is 36.5 Å². The summed E-state index contributed by atoms with van der Waals surface area (Å²) in [5, 5.41) is 12.8. The summed E-state index contributed by atoms with van der Waals surface area (Å²) in [7, 11) is 1.60. The van der Waals surface area contributed by atoms with Crippen molar-refractivity contribution >= 4 is 0 Å². The highest BCUT2D eigenvalue weighted by Crippen LogP contribution is 2.04. The molecule has 17 heavy (non-hydrogen) atoms. The third-order valence-electron chi connectivity index (χ3n) is 2.77. The monoisotopic (exact) mass is 237 g/mol. The van der Waals surface area contributed by atoms with Crippen LogP contribution in [0.15, 0.2) is 24.3 Å². The quantitative estimate of drug-likeness (QED) is 0.677. The Kier molecular flexibility index (Phi) is 6.86. The second kappa shape index (κ2) is 8.23. The van der Waals surface area contributed by atoms with Crippen molar-refractivity contribution in [1.29, 1.82) is 0 Å². The van der Waals surface area contributed by atoms with E-state index >= 15 is 0 Å². The van der Waals surface area contributed by atoms with Crippen LogP contribution in [-0.2, 0) is 17.7 Å². The maximum Gasteiger partial charge on any atom is 0.0785 e. The highest BCUT2D eigenvalue weighted by Gasteiger charge is 2.02. The average Bonchev–Trinajstić information content (AvgIpc) is 2.36. The molecule has 1 aromatic carbocycles. The molecule has 0 fully saturated rings. The average molecular weight is 237 g/mol. The number of methoxy groups -OCH3 is 1. The van der Waals surface area contributed by atoms with Crippen LogP contribution in [0.5, 0.6) is 0 Å². The first-order valence-electron chi connectivity index (χ1n) is 6.21. The lowest BCUT2D eigenvalue weighted by molar-refractivity contribution is 0.0594. The van der Waals surface area contributed by atoms with Crippen LogP contribution in [0.2, 0.25) is 0 Å². The SMILES string of the molecule is CCc1ccc(CNCCC(O)COC)cc1. The van der Waals surface area contributed by atoms with Crippen LogP contribution in [0.4, 0.5) is 0 Å². The Morgan fingerprint density at radius 3 is 2.47 bits per heavy atom. The van der Waals surface area contributed by atoms with Crippen LogP contribution in [-0.4, -0.2) is 31.5 Å². The molecule has 3 heteroatoms. The van der Waals surface area contributed by atoms with E-state index in [-0.39, 0.29) is 6.10 Å². The van der Waals surface area contributed by atoms with Gasteiger partial charge in [-0.3, -0.25) is 0 Å². The molecule has 0 aromatic heterocycles. The van der Waals surface area contributed by atoms with Crippen molar-refractivity contribution < 1.29 is 9.84 Å². The highest BCUT2D eigenvalue weighted by molar-refractivity contribution is 5.22. The smallest absolute Gasteiger partial charge is 0.0785 e. The Balaban J connectivity index is 2.17. The first kappa shape index (κ1) is 14.2. The van der Waals surface area contributed by atoms with Gasteiger partial charge in [0.25, 0.3) is 0 Å². The van der Waals surface area contributed by atoms with Crippen molar-refractivity contribution in [2.75, 3.05) is 20.3 Å². The lowest BCUT2D eigenvalue weighted by Gasteiger charge is -2.10. The molecule has 1 unspecified atom stereocenters. The molecule has 0 aliphatic heterocycles. The van der Waals surface area contributed by atoms with Gasteiger partial charge in [0, 0.05) is 13.7 Å². The fourth-order valence-electron chi connectivity index (χ4n) is 1.67. The van der Waals surface area contributed by atoms with E-state index in [0.717, 1.165) is 25.9 Å². The molecule has 0 bridgehead atoms. The summed E-state index contributed by atoms with van der Waals surface area (Å²) in [6.45, 7) is 4.22. The number of aliphatic hydroxyl groups excluding tert-OH is 1. The molecule has 1 aromatic rings. The van der Waals surface area contributed by atoms with E-state index < -0.39 is 0 Å². The van der Waals surface area contributed by atoms with Crippen LogP contribution in [0.3, 0.4) is 0 Å². The maximum absolute atomic E-state index is 9.45. The van der Waals surface area contributed by atoms with Gasteiger partial charge in [0.1, 0.15) is 0 Å². The van der Waals surface area contributed by atoms with Crippen LogP contribution in [0.25, 0.3) is 0 Å². The van der Waals surface area contributed by atoms with Crippen molar-refractivity contribution in [2.45, 2.75) is 32.4 Å². The Hall–Kier alpha value is -0.900. The summed E-state index contributed by atoms with van der Waals surface area (Å²) in [6, 6.07) is 8.63. The summed E-state index contributed by atoms with van der Waals surface area (Å²) in [5.41, 5.74) is 2.65. The van der Waals surface area contributed by atoms with Gasteiger partial charge in [-0.05, 0) is 30.5 Å². The largest absolute Gasteiger partial charge is 0.391 e. The predicted octanol–water partition coefficient (Wildman–Crippen LogP) is 1.74. The molecule has 2 N–H and O–H groups in total. The lowest BCUT2D eigenvalue weighted by Crippen LogP contribution is -2.22. The van der Waals surface area contributed by atoms with Gasteiger partial charge in [-0.1, -0.05) is 31.2 Å². The fourth-order valence-corrected chi connectivity index (χ4v) is 1.67. The molecule has 3 nitrogen and oxygen atoms in total. The zero-order valence-corrected chi connectivity index (χ0v) is 10.8. The van der Waals surface area contributed by atoms with E-state index in [9.17, 15) is 5.11 Å². The summed E-state index contributed by atoms with van der Waals surface area (Å²) in [5.74, 6) is 0. The van der Waals surface area contributed by atoms with E-state index in [4.69, 9.17) is 4.74 Å². The first-order valence-corrected chi connectivity index (χ1v) is 6.21. The number of rotatable bonds is 8. The number of nitrogens with one attached hydrogen (secondary N) is 1. The number of hydrogen-bond donors (Lipinski definition) is 2. The molecule has 0 amide bonds. The summed E-state index contributed by atoms with van der Waals surface area (Å²) in [6.07, 6.45) is 1.44. The first-order chi connectivity index (χ1) is 8.26. The Morgan fingerprint density at radius 2 is 1.88 bits per heavy atom. The molecule has 0 radical (unpaired) electrons.